The summed E-state index contributed by atoms with van der Waals surface area (Å²) in [6.45, 7) is 5.21. The molecule has 37 heavy (non-hydrogen) atoms. The molecule has 0 bridgehead atoms. The first-order valence-corrected chi connectivity index (χ1v) is 13.1. The molecule has 0 aromatic heterocycles. The maximum Gasteiger partial charge on any atom is 0.263 e. The second-order valence-corrected chi connectivity index (χ2v) is 9.88. The van der Waals surface area contributed by atoms with Crippen LogP contribution in [-0.4, -0.2) is 67.0 Å². The van der Waals surface area contributed by atoms with E-state index in [1.165, 1.54) is 10.5 Å². The Kier molecular flexibility index (Phi) is 6.64. The average molecular weight is 498 g/mol. The second-order valence-electron chi connectivity index (χ2n) is 9.88. The normalized spacial score (nSPS) is 19.9. The number of imide groups is 1. The highest BCUT2D eigenvalue weighted by Crippen LogP contribution is 2.33. The van der Waals surface area contributed by atoms with Crippen molar-refractivity contribution in [3.8, 4) is 11.5 Å². The molecule has 7 nitrogen and oxygen atoms in total. The van der Waals surface area contributed by atoms with Crippen molar-refractivity contribution in [2.45, 2.75) is 25.5 Å². The van der Waals surface area contributed by atoms with Crippen LogP contribution < -0.4 is 9.64 Å². The molecule has 0 aliphatic carbocycles. The number of rotatable bonds is 7. The van der Waals surface area contributed by atoms with Crippen LogP contribution in [0.3, 0.4) is 0 Å². The topological polar surface area (TPSA) is 62.3 Å². The number of amides is 2. The van der Waals surface area contributed by atoms with E-state index in [0.29, 0.717) is 24.3 Å². The molecule has 0 saturated carbocycles. The van der Waals surface area contributed by atoms with Crippen LogP contribution in [0.25, 0.3) is 0 Å². The highest BCUT2D eigenvalue weighted by molar-refractivity contribution is 6.23. The molecule has 3 heterocycles. The fourth-order valence-electron chi connectivity index (χ4n) is 5.47. The lowest BCUT2D eigenvalue weighted by Gasteiger charge is -2.36. The van der Waals surface area contributed by atoms with Gasteiger partial charge in [-0.1, -0.05) is 36.4 Å². The number of anilines is 1. The van der Waals surface area contributed by atoms with Crippen LogP contribution in [0, 0.1) is 0 Å². The predicted molar refractivity (Wildman–Crippen MR) is 141 cm³/mol. The summed E-state index contributed by atoms with van der Waals surface area (Å²) in [5.74, 6) is 1.27. The smallest absolute Gasteiger partial charge is 0.263 e. The van der Waals surface area contributed by atoms with Crippen molar-refractivity contribution in [1.82, 2.24) is 9.80 Å². The van der Waals surface area contributed by atoms with Gasteiger partial charge in [-0.3, -0.25) is 19.4 Å². The number of piperazine rings is 1. The monoisotopic (exact) mass is 497 g/mol. The lowest BCUT2D eigenvalue weighted by molar-refractivity contribution is 0.0475. The Morgan fingerprint density at radius 3 is 2.41 bits per heavy atom. The Bertz CT molecular complexity index is 1280. The third-order valence-corrected chi connectivity index (χ3v) is 7.38. The van der Waals surface area contributed by atoms with E-state index in [-0.39, 0.29) is 17.9 Å². The Labute approximate surface area is 217 Å². The lowest BCUT2D eigenvalue weighted by Crippen LogP contribution is -2.46. The minimum absolute atomic E-state index is 0.0502. The van der Waals surface area contributed by atoms with Crippen LogP contribution in [0.2, 0.25) is 0 Å². The summed E-state index contributed by atoms with van der Waals surface area (Å²) in [5, 5.41) is 0. The molecular weight excluding hydrogens is 466 g/mol. The van der Waals surface area contributed by atoms with Crippen molar-refractivity contribution in [2.24, 2.45) is 0 Å². The summed E-state index contributed by atoms with van der Waals surface area (Å²) >= 11 is 0. The molecule has 2 amide bonds. The van der Waals surface area contributed by atoms with Gasteiger partial charge in [0, 0.05) is 39.3 Å². The molecule has 3 aliphatic rings. The first kappa shape index (κ1) is 23.7. The number of carbonyl (C=O) groups is 2. The summed E-state index contributed by atoms with van der Waals surface area (Å²) in [6.07, 6.45) is 1.82. The van der Waals surface area contributed by atoms with Gasteiger partial charge in [0.1, 0.15) is 11.5 Å². The van der Waals surface area contributed by atoms with Gasteiger partial charge >= 0.3 is 0 Å². The minimum atomic E-state index is -0.200. The molecule has 3 aliphatic heterocycles. The van der Waals surface area contributed by atoms with Gasteiger partial charge in [0.2, 0.25) is 0 Å². The van der Waals surface area contributed by atoms with Crippen molar-refractivity contribution in [2.75, 3.05) is 44.2 Å². The van der Waals surface area contributed by atoms with E-state index in [9.17, 15) is 9.59 Å². The Balaban J connectivity index is 1.10. The highest BCUT2D eigenvalue weighted by Gasteiger charge is 2.40. The van der Waals surface area contributed by atoms with Gasteiger partial charge in [-0.25, -0.2) is 0 Å². The first-order valence-electron chi connectivity index (χ1n) is 13.1. The quantitative estimate of drug-likeness (QED) is 0.446. The number of hydrogen-bond donors (Lipinski definition) is 0. The molecular formula is C30H31N3O4. The van der Waals surface area contributed by atoms with E-state index in [2.05, 4.69) is 21.9 Å². The summed E-state index contributed by atoms with van der Waals surface area (Å²) in [7, 11) is 0. The SMILES string of the molecule is O=C1c2cccc(N3CCN(Cc4cccc(Oc5ccccc5)c4)CC3)c2C(=O)N1C[C@@H]1CCCO1. The Morgan fingerprint density at radius 1 is 0.838 bits per heavy atom. The van der Waals surface area contributed by atoms with E-state index in [1.807, 2.05) is 54.6 Å². The zero-order valence-corrected chi connectivity index (χ0v) is 20.8. The largest absolute Gasteiger partial charge is 0.457 e. The third kappa shape index (κ3) is 4.97. The van der Waals surface area contributed by atoms with Crippen molar-refractivity contribution in [3.63, 3.8) is 0 Å². The van der Waals surface area contributed by atoms with Crippen molar-refractivity contribution >= 4 is 17.5 Å². The fraction of sp³-hybridized carbons (Fsp3) is 0.333. The number of benzene rings is 3. The van der Waals surface area contributed by atoms with Crippen molar-refractivity contribution in [3.05, 3.63) is 89.5 Å². The molecule has 7 heteroatoms. The standard InChI is InChI=1S/C30H31N3O4/c34-29-26-12-5-13-27(28(26)30(35)33(29)21-25-11-6-18-36-25)32-16-14-31(15-17-32)20-22-7-4-10-24(19-22)37-23-8-2-1-3-9-23/h1-5,7-10,12-13,19,25H,6,11,14-18,20-21H2/t25-/m0/s1. The van der Waals surface area contributed by atoms with Gasteiger partial charge in [0.25, 0.3) is 11.8 Å². The molecule has 2 saturated heterocycles. The lowest BCUT2D eigenvalue weighted by atomic mass is 10.1. The van der Waals surface area contributed by atoms with Crippen LogP contribution >= 0.6 is 0 Å². The summed E-state index contributed by atoms with van der Waals surface area (Å²) in [4.78, 5) is 32.4. The predicted octanol–water partition coefficient (Wildman–Crippen LogP) is 4.58. The molecule has 0 radical (unpaired) electrons. The van der Waals surface area contributed by atoms with Gasteiger partial charge in [-0.2, -0.15) is 0 Å². The Morgan fingerprint density at radius 2 is 1.62 bits per heavy atom. The summed E-state index contributed by atoms with van der Waals surface area (Å²) in [5.41, 5.74) is 3.12. The molecule has 1 atom stereocenters. The van der Waals surface area contributed by atoms with E-state index in [0.717, 1.165) is 62.8 Å². The van der Waals surface area contributed by atoms with Crippen molar-refractivity contribution in [1.29, 1.82) is 0 Å². The van der Waals surface area contributed by atoms with Crippen LogP contribution in [0.15, 0.2) is 72.8 Å². The average Bonchev–Trinajstić information content (AvgIpc) is 3.53. The van der Waals surface area contributed by atoms with Crippen LogP contribution in [0.5, 0.6) is 11.5 Å². The molecule has 0 spiro atoms. The Hall–Kier alpha value is -3.68. The molecule has 6 rings (SSSR count). The number of para-hydroxylation sites is 1. The fourth-order valence-corrected chi connectivity index (χ4v) is 5.47. The van der Waals surface area contributed by atoms with Gasteiger partial charge in [-0.15, -0.1) is 0 Å². The number of ether oxygens (including phenoxy) is 2. The number of hydrogen-bond acceptors (Lipinski definition) is 6. The second kappa shape index (κ2) is 10.4. The first-order chi connectivity index (χ1) is 18.2. The molecule has 3 aromatic rings. The maximum atomic E-state index is 13.3. The van der Waals surface area contributed by atoms with E-state index in [1.54, 1.807) is 6.07 Å². The van der Waals surface area contributed by atoms with Gasteiger partial charge < -0.3 is 14.4 Å². The van der Waals surface area contributed by atoms with Crippen LogP contribution in [0.4, 0.5) is 5.69 Å². The molecule has 3 aromatic carbocycles. The van der Waals surface area contributed by atoms with Crippen molar-refractivity contribution < 1.29 is 19.1 Å². The van der Waals surface area contributed by atoms with E-state index in [4.69, 9.17) is 9.47 Å². The summed E-state index contributed by atoms with van der Waals surface area (Å²) < 4.78 is 11.7. The third-order valence-electron chi connectivity index (χ3n) is 7.38. The van der Waals surface area contributed by atoms with Gasteiger partial charge in [-0.05, 0) is 54.8 Å². The number of carbonyl (C=O) groups excluding carboxylic acids is 2. The molecule has 0 unspecified atom stereocenters. The van der Waals surface area contributed by atoms with Gasteiger partial charge in [0.05, 0.1) is 29.5 Å². The molecule has 2 fully saturated rings. The van der Waals surface area contributed by atoms with E-state index < -0.39 is 0 Å². The maximum absolute atomic E-state index is 13.3. The minimum Gasteiger partial charge on any atom is -0.457 e. The molecule has 190 valence electrons. The highest BCUT2D eigenvalue weighted by atomic mass is 16.5. The zero-order chi connectivity index (χ0) is 25.2. The van der Waals surface area contributed by atoms with Gasteiger partial charge in [0.15, 0.2) is 0 Å². The van der Waals surface area contributed by atoms with E-state index >= 15 is 0 Å². The zero-order valence-electron chi connectivity index (χ0n) is 20.8. The molecule has 0 N–H and O–H groups in total. The number of nitrogens with zero attached hydrogens (tertiary/aromatic N) is 3. The van der Waals surface area contributed by atoms with Crippen LogP contribution in [0.1, 0.15) is 39.1 Å². The van der Waals surface area contributed by atoms with Crippen LogP contribution in [-0.2, 0) is 11.3 Å². The number of fused-ring (bicyclic) bond motifs is 1. The summed E-state index contributed by atoms with van der Waals surface area (Å²) in [6, 6.07) is 23.7.